The second-order valence-corrected chi connectivity index (χ2v) is 8.54. The number of carbonyl (C=O) groups excluding carboxylic acids is 2. The van der Waals surface area contributed by atoms with Crippen LogP contribution >= 0.6 is 0 Å². The molecule has 0 radical (unpaired) electrons. The SMILES string of the molecule is CCCCCCCCOC(=O)c1ccc(-c2ccn[nH]2)cc1C(=O)OCCCCCCCC. The molecule has 33 heavy (non-hydrogen) atoms. The maximum Gasteiger partial charge on any atom is 0.339 e. The molecule has 0 aliphatic carbocycles. The fourth-order valence-corrected chi connectivity index (χ4v) is 3.73. The summed E-state index contributed by atoms with van der Waals surface area (Å²) in [6.45, 7) is 5.09. The summed E-state index contributed by atoms with van der Waals surface area (Å²) in [7, 11) is 0. The van der Waals surface area contributed by atoms with Crippen LogP contribution in [0.15, 0.2) is 30.5 Å². The third-order valence-corrected chi connectivity index (χ3v) is 5.73. The molecule has 1 N–H and O–H groups in total. The maximum absolute atomic E-state index is 12.8. The van der Waals surface area contributed by atoms with Crippen molar-refractivity contribution in [3.63, 3.8) is 0 Å². The molecule has 182 valence electrons. The molecule has 6 nitrogen and oxygen atoms in total. The Bertz CT molecular complexity index is 818. The van der Waals surface area contributed by atoms with E-state index in [1.54, 1.807) is 24.4 Å². The summed E-state index contributed by atoms with van der Waals surface area (Å²) >= 11 is 0. The van der Waals surface area contributed by atoms with Gasteiger partial charge in [-0.05, 0) is 31.0 Å². The van der Waals surface area contributed by atoms with Gasteiger partial charge in [0.05, 0.1) is 30.0 Å². The summed E-state index contributed by atoms with van der Waals surface area (Å²) in [6, 6.07) is 6.93. The number of esters is 2. The lowest BCUT2D eigenvalue weighted by Gasteiger charge is -2.12. The molecule has 0 spiro atoms. The van der Waals surface area contributed by atoms with Crippen molar-refractivity contribution < 1.29 is 19.1 Å². The largest absolute Gasteiger partial charge is 0.462 e. The smallest absolute Gasteiger partial charge is 0.339 e. The van der Waals surface area contributed by atoms with Crippen molar-refractivity contribution in [1.29, 1.82) is 0 Å². The number of unbranched alkanes of at least 4 members (excludes halogenated alkanes) is 10. The fraction of sp³-hybridized carbons (Fsp3) is 0.593. The van der Waals surface area contributed by atoms with Gasteiger partial charge >= 0.3 is 11.9 Å². The Hall–Kier alpha value is -2.63. The Labute approximate surface area is 198 Å². The van der Waals surface area contributed by atoms with Gasteiger partial charge in [-0.25, -0.2) is 9.59 Å². The fourth-order valence-electron chi connectivity index (χ4n) is 3.73. The van der Waals surface area contributed by atoms with E-state index in [0.29, 0.717) is 13.2 Å². The van der Waals surface area contributed by atoms with Crippen molar-refractivity contribution in [1.82, 2.24) is 10.2 Å². The Kier molecular flexibility index (Phi) is 13.0. The highest BCUT2D eigenvalue weighted by Gasteiger charge is 2.21. The predicted octanol–water partition coefficient (Wildman–Crippen LogP) is 7.11. The highest BCUT2D eigenvalue weighted by atomic mass is 16.5. The van der Waals surface area contributed by atoms with Crippen molar-refractivity contribution in [2.45, 2.75) is 90.9 Å². The number of hydrogen-bond acceptors (Lipinski definition) is 5. The summed E-state index contributed by atoms with van der Waals surface area (Å²) in [5.74, 6) is -0.970. The van der Waals surface area contributed by atoms with Crippen LogP contribution in [0.3, 0.4) is 0 Å². The quantitative estimate of drug-likeness (QED) is 0.203. The van der Waals surface area contributed by atoms with E-state index in [-0.39, 0.29) is 11.1 Å². The van der Waals surface area contributed by atoms with Gasteiger partial charge in [0.25, 0.3) is 0 Å². The lowest BCUT2D eigenvalue weighted by atomic mass is 10.0. The van der Waals surface area contributed by atoms with Crippen LogP contribution in [0, 0.1) is 0 Å². The molecule has 0 amide bonds. The monoisotopic (exact) mass is 456 g/mol. The van der Waals surface area contributed by atoms with E-state index >= 15 is 0 Å². The molecule has 1 heterocycles. The average Bonchev–Trinajstić information content (AvgIpc) is 3.37. The minimum absolute atomic E-state index is 0.237. The maximum atomic E-state index is 12.8. The topological polar surface area (TPSA) is 81.3 Å². The van der Waals surface area contributed by atoms with E-state index in [1.165, 1.54) is 38.5 Å². The van der Waals surface area contributed by atoms with Gasteiger partial charge in [0, 0.05) is 11.8 Å². The van der Waals surface area contributed by atoms with Crippen molar-refractivity contribution in [2.75, 3.05) is 13.2 Å². The van der Waals surface area contributed by atoms with Crippen LogP contribution in [0.1, 0.15) is 112 Å². The first-order valence-electron chi connectivity index (χ1n) is 12.6. The number of benzene rings is 1. The number of aromatic nitrogens is 2. The van der Waals surface area contributed by atoms with Crippen molar-refractivity contribution in [3.8, 4) is 11.3 Å². The van der Waals surface area contributed by atoms with E-state index in [4.69, 9.17) is 9.47 Å². The van der Waals surface area contributed by atoms with Gasteiger partial charge < -0.3 is 9.47 Å². The first kappa shape index (κ1) is 26.6. The molecule has 0 aliphatic rings. The lowest BCUT2D eigenvalue weighted by Crippen LogP contribution is -2.15. The van der Waals surface area contributed by atoms with Gasteiger partial charge in [0.15, 0.2) is 0 Å². The number of nitrogens with one attached hydrogen (secondary N) is 1. The molecule has 0 aliphatic heterocycles. The van der Waals surface area contributed by atoms with Crippen molar-refractivity contribution in [2.24, 2.45) is 0 Å². The molecule has 1 aromatic heterocycles. The zero-order chi connectivity index (χ0) is 23.7. The molecule has 0 saturated carbocycles. The molecule has 0 atom stereocenters. The lowest BCUT2D eigenvalue weighted by molar-refractivity contribution is 0.0450. The van der Waals surface area contributed by atoms with Crippen LogP contribution in [0.4, 0.5) is 0 Å². The number of hydrogen-bond donors (Lipinski definition) is 1. The van der Waals surface area contributed by atoms with Gasteiger partial charge in [0.1, 0.15) is 0 Å². The number of rotatable bonds is 17. The Morgan fingerprint density at radius 3 is 1.82 bits per heavy atom. The first-order valence-corrected chi connectivity index (χ1v) is 12.6. The van der Waals surface area contributed by atoms with E-state index < -0.39 is 11.9 Å². The minimum Gasteiger partial charge on any atom is -0.462 e. The molecule has 1 aromatic carbocycles. The van der Waals surface area contributed by atoms with Crippen LogP contribution in [0.5, 0.6) is 0 Å². The molecular weight excluding hydrogens is 416 g/mol. The minimum atomic E-state index is -0.489. The van der Waals surface area contributed by atoms with Crippen LogP contribution in [-0.4, -0.2) is 35.3 Å². The van der Waals surface area contributed by atoms with E-state index in [9.17, 15) is 9.59 Å². The number of H-pyrrole nitrogens is 1. The molecule has 0 bridgehead atoms. The molecule has 2 rings (SSSR count). The van der Waals surface area contributed by atoms with E-state index in [0.717, 1.165) is 49.8 Å². The molecule has 0 saturated heterocycles. The Morgan fingerprint density at radius 1 is 0.727 bits per heavy atom. The number of nitrogens with zero attached hydrogens (tertiary/aromatic N) is 1. The highest BCUT2D eigenvalue weighted by Crippen LogP contribution is 2.22. The number of ether oxygens (including phenoxy) is 2. The number of carbonyl (C=O) groups is 2. The summed E-state index contributed by atoms with van der Waals surface area (Å²) in [5, 5.41) is 6.85. The zero-order valence-electron chi connectivity index (χ0n) is 20.4. The first-order chi connectivity index (χ1) is 16.2. The molecular formula is C27H40N2O4. The molecule has 6 heteroatoms. The number of aromatic amines is 1. The van der Waals surface area contributed by atoms with Crippen LogP contribution in [0.2, 0.25) is 0 Å². The average molecular weight is 457 g/mol. The normalized spacial score (nSPS) is 10.8. The van der Waals surface area contributed by atoms with Gasteiger partial charge in [-0.15, -0.1) is 0 Å². The van der Waals surface area contributed by atoms with Crippen LogP contribution < -0.4 is 0 Å². The summed E-state index contributed by atoms with van der Waals surface area (Å²) in [5.41, 5.74) is 2.02. The van der Waals surface area contributed by atoms with E-state index in [1.807, 2.05) is 6.07 Å². The molecule has 2 aromatic rings. The Balaban J connectivity index is 1.95. The predicted molar refractivity (Wildman–Crippen MR) is 131 cm³/mol. The standard InChI is InChI=1S/C27H40N2O4/c1-3-5-7-9-11-13-19-32-26(30)23-16-15-22(25-17-18-28-29-25)21-24(23)27(31)33-20-14-12-10-8-6-4-2/h15-18,21H,3-14,19-20H2,1-2H3,(H,28,29). The van der Waals surface area contributed by atoms with Gasteiger partial charge in [-0.3, -0.25) is 5.10 Å². The van der Waals surface area contributed by atoms with Gasteiger partial charge in [0.2, 0.25) is 0 Å². The van der Waals surface area contributed by atoms with E-state index in [2.05, 4.69) is 24.0 Å². The summed E-state index contributed by atoms with van der Waals surface area (Å²) in [6.07, 6.45) is 15.0. The van der Waals surface area contributed by atoms with Crippen molar-refractivity contribution in [3.05, 3.63) is 41.6 Å². The second kappa shape index (κ2) is 16.1. The summed E-state index contributed by atoms with van der Waals surface area (Å²) in [4.78, 5) is 25.6. The highest BCUT2D eigenvalue weighted by molar-refractivity contribution is 6.04. The Morgan fingerprint density at radius 2 is 1.27 bits per heavy atom. The van der Waals surface area contributed by atoms with Gasteiger partial charge in [-0.1, -0.05) is 84.1 Å². The van der Waals surface area contributed by atoms with Crippen molar-refractivity contribution >= 4 is 11.9 Å². The van der Waals surface area contributed by atoms with Crippen LogP contribution in [-0.2, 0) is 9.47 Å². The second-order valence-electron chi connectivity index (χ2n) is 8.54. The molecule has 0 unspecified atom stereocenters. The third-order valence-electron chi connectivity index (χ3n) is 5.73. The van der Waals surface area contributed by atoms with Crippen LogP contribution in [0.25, 0.3) is 11.3 Å². The third kappa shape index (κ3) is 9.80. The van der Waals surface area contributed by atoms with Gasteiger partial charge in [-0.2, -0.15) is 5.10 Å². The molecule has 0 fully saturated rings. The zero-order valence-corrected chi connectivity index (χ0v) is 20.4. The summed E-state index contributed by atoms with van der Waals surface area (Å²) < 4.78 is 11.0.